The summed E-state index contributed by atoms with van der Waals surface area (Å²) in [5.41, 5.74) is 0.862. The molecular formula is C13H14N2O5. The van der Waals surface area contributed by atoms with Crippen LogP contribution in [0.3, 0.4) is 0 Å². The highest BCUT2D eigenvalue weighted by atomic mass is 16.5. The number of rotatable bonds is 4. The molecule has 1 aromatic rings. The Labute approximate surface area is 115 Å². The molecule has 0 aliphatic carbocycles. The van der Waals surface area contributed by atoms with Crippen molar-refractivity contribution in [3.05, 3.63) is 18.2 Å². The smallest absolute Gasteiger partial charge is 0.306 e. The first-order chi connectivity index (χ1) is 9.60. The Morgan fingerprint density at radius 1 is 1.40 bits per heavy atom. The van der Waals surface area contributed by atoms with E-state index in [4.69, 9.17) is 4.74 Å². The third-order valence-corrected chi connectivity index (χ3v) is 2.71. The van der Waals surface area contributed by atoms with Gasteiger partial charge in [0.1, 0.15) is 11.4 Å². The number of amides is 2. The summed E-state index contributed by atoms with van der Waals surface area (Å²) in [4.78, 5) is 34.0. The molecule has 0 bridgehead atoms. The highest BCUT2D eigenvalue weighted by Crippen LogP contribution is 2.34. The Kier molecular flexibility index (Phi) is 4.19. The zero-order valence-electron chi connectivity index (χ0n) is 10.9. The lowest BCUT2D eigenvalue weighted by molar-refractivity contribution is -0.141. The molecule has 0 atom stereocenters. The Hall–Kier alpha value is -2.57. The zero-order chi connectivity index (χ0) is 14.5. The van der Waals surface area contributed by atoms with Crippen molar-refractivity contribution >= 4 is 29.2 Å². The minimum absolute atomic E-state index is 0.000215. The first-order valence-corrected chi connectivity index (χ1v) is 6.02. The average Bonchev–Trinajstić information content (AvgIpc) is 2.45. The lowest BCUT2D eigenvalue weighted by atomic mass is 10.2. The van der Waals surface area contributed by atoms with E-state index in [1.807, 2.05) is 0 Å². The molecule has 1 aromatic carbocycles. The largest absolute Gasteiger partial charge is 0.481 e. The van der Waals surface area contributed by atoms with Crippen molar-refractivity contribution in [2.75, 3.05) is 24.4 Å². The van der Waals surface area contributed by atoms with E-state index in [0.29, 0.717) is 17.1 Å². The summed E-state index contributed by atoms with van der Waals surface area (Å²) in [7, 11) is 1.26. The molecule has 2 amide bonds. The van der Waals surface area contributed by atoms with Crippen molar-refractivity contribution in [2.45, 2.75) is 12.8 Å². The first-order valence-electron chi connectivity index (χ1n) is 6.02. The summed E-state index contributed by atoms with van der Waals surface area (Å²) in [6.07, 6.45) is 0.00532. The molecular weight excluding hydrogens is 264 g/mol. The van der Waals surface area contributed by atoms with Gasteiger partial charge in [-0.25, -0.2) is 0 Å². The molecule has 0 fully saturated rings. The van der Waals surface area contributed by atoms with Gasteiger partial charge in [-0.2, -0.15) is 0 Å². The fraction of sp³-hybridized carbons (Fsp3) is 0.308. The molecule has 0 radical (unpaired) electrons. The van der Waals surface area contributed by atoms with Gasteiger partial charge in [-0.05, 0) is 12.1 Å². The van der Waals surface area contributed by atoms with Crippen LogP contribution in [0.2, 0.25) is 0 Å². The maximum Gasteiger partial charge on any atom is 0.306 e. The SMILES string of the molecule is COC(=O)CCC(=O)Nc1cccc2c1NC(=O)CO2. The molecule has 0 unspecified atom stereocenters. The monoisotopic (exact) mass is 278 g/mol. The lowest BCUT2D eigenvalue weighted by Gasteiger charge is -2.20. The molecule has 20 heavy (non-hydrogen) atoms. The van der Waals surface area contributed by atoms with Gasteiger partial charge < -0.3 is 20.1 Å². The van der Waals surface area contributed by atoms with Crippen LogP contribution in [0.5, 0.6) is 5.75 Å². The van der Waals surface area contributed by atoms with Gasteiger partial charge in [0.25, 0.3) is 5.91 Å². The van der Waals surface area contributed by atoms with Crippen molar-refractivity contribution in [3.63, 3.8) is 0 Å². The van der Waals surface area contributed by atoms with Crippen LogP contribution in [-0.2, 0) is 19.1 Å². The highest BCUT2D eigenvalue weighted by molar-refractivity contribution is 6.03. The molecule has 0 saturated heterocycles. The van der Waals surface area contributed by atoms with Gasteiger partial charge in [0, 0.05) is 6.42 Å². The van der Waals surface area contributed by atoms with Gasteiger partial charge in [-0.3, -0.25) is 14.4 Å². The maximum absolute atomic E-state index is 11.7. The number of nitrogens with one attached hydrogen (secondary N) is 2. The number of esters is 1. The summed E-state index contributed by atoms with van der Waals surface area (Å²) in [5, 5.41) is 5.27. The van der Waals surface area contributed by atoms with Crippen LogP contribution >= 0.6 is 0 Å². The molecule has 7 heteroatoms. The fourth-order valence-corrected chi connectivity index (χ4v) is 1.73. The second kappa shape index (κ2) is 6.05. The third kappa shape index (κ3) is 3.25. The molecule has 7 nitrogen and oxygen atoms in total. The van der Waals surface area contributed by atoms with Crippen LogP contribution in [-0.4, -0.2) is 31.5 Å². The molecule has 2 N–H and O–H groups in total. The number of hydrogen-bond acceptors (Lipinski definition) is 5. The molecule has 1 heterocycles. The van der Waals surface area contributed by atoms with E-state index in [2.05, 4.69) is 15.4 Å². The van der Waals surface area contributed by atoms with E-state index < -0.39 is 5.97 Å². The lowest BCUT2D eigenvalue weighted by Crippen LogP contribution is -2.26. The van der Waals surface area contributed by atoms with Crippen LogP contribution in [0.1, 0.15) is 12.8 Å². The maximum atomic E-state index is 11.7. The Morgan fingerprint density at radius 2 is 2.20 bits per heavy atom. The third-order valence-electron chi connectivity index (χ3n) is 2.71. The molecule has 0 saturated carbocycles. The summed E-state index contributed by atoms with van der Waals surface area (Å²) in [5.74, 6) is -0.584. The van der Waals surface area contributed by atoms with Crippen molar-refractivity contribution in [1.82, 2.24) is 0 Å². The minimum Gasteiger partial charge on any atom is -0.481 e. The van der Waals surface area contributed by atoms with E-state index >= 15 is 0 Å². The topological polar surface area (TPSA) is 93.7 Å². The number of carbonyl (C=O) groups is 3. The van der Waals surface area contributed by atoms with E-state index in [1.165, 1.54) is 7.11 Å². The van der Waals surface area contributed by atoms with E-state index in [9.17, 15) is 14.4 Å². The normalized spacial score (nSPS) is 12.8. The van der Waals surface area contributed by atoms with Gasteiger partial charge in [-0.15, -0.1) is 0 Å². The number of carbonyl (C=O) groups excluding carboxylic acids is 3. The first kappa shape index (κ1) is 13.9. The zero-order valence-corrected chi connectivity index (χ0v) is 10.9. The van der Waals surface area contributed by atoms with Crippen LogP contribution in [0, 0.1) is 0 Å². The van der Waals surface area contributed by atoms with Crippen molar-refractivity contribution in [2.24, 2.45) is 0 Å². The number of ether oxygens (including phenoxy) is 2. The number of anilines is 2. The van der Waals surface area contributed by atoms with E-state index in [1.54, 1.807) is 18.2 Å². The van der Waals surface area contributed by atoms with Crippen LogP contribution in [0.25, 0.3) is 0 Å². The van der Waals surface area contributed by atoms with Crippen LogP contribution < -0.4 is 15.4 Å². The highest BCUT2D eigenvalue weighted by Gasteiger charge is 2.20. The van der Waals surface area contributed by atoms with Crippen molar-refractivity contribution < 1.29 is 23.9 Å². The summed E-state index contributed by atoms with van der Waals surface area (Å²) < 4.78 is 9.70. The molecule has 0 aromatic heterocycles. The molecule has 1 aliphatic rings. The number of para-hydroxylation sites is 1. The van der Waals surface area contributed by atoms with E-state index in [-0.39, 0.29) is 31.3 Å². The molecule has 1 aliphatic heterocycles. The quantitative estimate of drug-likeness (QED) is 0.798. The van der Waals surface area contributed by atoms with Gasteiger partial charge in [0.15, 0.2) is 6.61 Å². The Balaban J connectivity index is 2.04. The number of methoxy groups -OCH3 is 1. The summed E-state index contributed by atoms with van der Waals surface area (Å²) >= 11 is 0. The molecule has 2 rings (SSSR count). The number of hydrogen-bond donors (Lipinski definition) is 2. The second-order valence-electron chi connectivity index (χ2n) is 4.14. The predicted molar refractivity (Wildman–Crippen MR) is 70.4 cm³/mol. The Bertz CT molecular complexity index is 556. The van der Waals surface area contributed by atoms with E-state index in [0.717, 1.165) is 0 Å². The predicted octanol–water partition coefficient (Wildman–Crippen LogP) is 0.909. The summed E-state index contributed by atoms with van der Waals surface area (Å²) in [6.45, 7) is -0.0489. The van der Waals surface area contributed by atoms with Crippen LogP contribution in [0.15, 0.2) is 18.2 Å². The fourth-order valence-electron chi connectivity index (χ4n) is 1.73. The minimum atomic E-state index is -0.452. The molecule has 106 valence electrons. The number of benzene rings is 1. The van der Waals surface area contributed by atoms with Gasteiger partial charge >= 0.3 is 5.97 Å². The average molecular weight is 278 g/mol. The molecule has 0 spiro atoms. The van der Waals surface area contributed by atoms with Crippen molar-refractivity contribution in [1.29, 1.82) is 0 Å². The number of fused-ring (bicyclic) bond motifs is 1. The van der Waals surface area contributed by atoms with Crippen LogP contribution in [0.4, 0.5) is 11.4 Å². The summed E-state index contributed by atoms with van der Waals surface area (Å²) in [6, 6.07) is 5.04. The van der Waals surface area contributed by atoms with Gasteiger partial charge in [-0.1, -0.05) is 6.07 Å². The van der Waals surface area contributed by atoms with Gasteiger partial charge in [0.2, 0.25) is 5.91 Å². The second-order valence-corrected chi connectivity index (χ2v) is 4.14. The standard InChI is InChI=1S/C13H14N2O5/c1-19-12(18)6-5-10(16)14-8-3-2-4-9-13(8)15-11(17)7-20-9/h2-4H,5-7H2,1H3,(H,14,16)(H,15,17). The van der Waals surface area contributed by atoms with Crippen molar-refractivity contribution in [3.8, 4) is 5.75 Å². The Morgan fingerprint density at radius 3 is 2.95 bits per heavy atom. The van der Waals surface area contributed by atoms with Gasteiger partial charge in [0.05, 0.1) is 19.2 Å².